The van der Waals surface area contributed by atoms with Crippen LogP contribution < -0.4 is 5.32 Å². The molecule has 2 heteroatoms. The molecule has 13 heavy (non-hydrogen) atoms. The van der Waals surface area contributed by atoms with Crippen LogP contribution in [0.4, 0.5) is 0 Å². The van der Waals surface area contributed by atoms with Crippen molar-refractivity contribution in [2.24, 2.45) is 0 Å². The first kappa shape index (κ1) is 8.25. The zero-order valence-electron chi connectivity index (χ0n) is 8.55. The van der Waals surface area contributed by atoms with Crippen molar-refractivity contribution in [3.8, 4) is 0 Å². The van der Waals surface area contributed by atoms with E-state index in [0.29, 0.717) is 5.54 Å². The molecule has 3 aliphatic rings. The smallest absolute Gasteiger partial charge is 0.0211 e. The molecule has 0 aromatic heterocycles. The molecule has 2 nitrogen and oxygen atoms in total. The average molecular weight is 180 g/mol. The normalized spacial score (nSPS) is 50.5. The highest BCUT2D eigenvalue weighted by atomic mass is 15.2. The number of rotatable bonds is 0. The highest BCUT2D eigenvalue weighted by Crippen LogP contribution is 2.43. The maximum Gasteiger partial charge on any atom is 0.0211 e. The standard InChI is InChI=1S/C11H20N2/c1-13-9-3-4-10(13)8-11(7-9)5-2-6-12-11/h9-10,12H,2-8H2,1H3. The SMILES string of the molecule is CN1C2CCC1CC1(CCCN1)C2. The fourth-order valence-electron chi connectivity index (χ4n) is 3.78. The first-order chi connectivity index (χ1) is 6.29. The van der Waals surface area contributed by atoms with Gasteiger partial charge in [-0.3, -0.25) is 0 Å². The van der Waals surface area contributed by atoms with E-state index in [1.54, 1.807) is 0 Å². The van der Waals surface area contributed by atoms with Gasteiger partial charge < -0.3 is 10.2 Å². The van der Waals surface area contributed by atoms with E-state index in [2.05, 4.69) is 17.3 Å². The summed E-state index contributed by atoms with van der Waals surface area (Å²) < 4.78 is 0. The molecule has 0 saturated carbocycles. The molecule has 3 rings (SSSR count). The van der Waals surface area contributed by atoms with Crippen LogP contribution in [0.5, 0.6) is 0 Å². The molecule has 3 aliphatic heterocycles. The lowest BCUT2D eigenvalue weighted by Gasteiger charge is -2.43. The topological polar surface area (TPSA) is 15.3 Å². The van der Waals surface area contributed by atoms with Crippen molar-refractivity contribution < 1.29 is 0 Å². The monoisotopic (exact) mass is 180 g/mol. The van der Waals surface area contributed by atoms with Crippen LogP contribution in [0.25, 0.3) is 0 Å². The van der Waals surface area contributed by atoms with Gasteiger partial charge >= 0.3 is 0 Å². The Morgan fingerprint density at radius 1 is 1.23 bits per heavy atom. The van der Waals surface area contributed by atoms with Gasteiger partial charge in [-0.25, -0.2) is 0 Å². The molecule has 2 bridgehead atoms. The summed E-state index contributed by atoms with van der Waals surface area (Å²) in [5.74, 6) is 0. The van der Waals surface area contributed by atoms with Crippen molar-refractivity contribution in [2.45, 2.75) is 56.1 Å². The van der Waals surface area contributed by atoms with Gasteiger partial charge in [-0.05, 0) is 52.1 Å². The Kier molecular flexibility index (Phi) is 1.72. The van der Waals surface area contributed by atoms with E-state index in [1.165, 1.54) is 45.1 Å². The molecule has 0 aromatic rings. The number of nitrogens with one attached hydrogen (secondary N) is 1. The molecule has 1 spiro atoms. The van der Waals surface area contributed by atoms with Gasteiger partial charge in [0, 0.05) is 17.6 Å². The molecule has 3 saturated heterocycles. The molecule has 1 N–H and O–H groups in total. The van der Waals surface area contributed by atoms with E-state index in [0.717, 1.165) is 12.1 Å². The molecule has 0 aliphatic carbocycles. The Morgan fingerprint density at radius 3 is 2.46 bits per heavy atom. The van der Waals surface area contributed by atoms with E-state index in [-0.39, 0.29) is 0 Å². The highest BCUT2D eigenvalue weighted by Gasteiger charge is 2.47. The zero-order chi connectivity index (χ0) is 8.89. The van der Waals surface area contributed by atoms with E-state index < -0.39 is 0 Å². The Bertz CT molecular complexity index is 192. The third-order valence-corrected chi connectivity index (χ3v) is 4.57. The minimum Gasteiger partial charge on any atom is -0.311 e. The molecule has 2 atom stereocenters. The summed E-state index contributed by atoms with van der Waals surface area (Å²) in [6, 6.07) is 1.79. The Labute approximate surface area is 80.7 Å². The van der Waals surface area contributed by atoms with Crippen LogP contribution in [0.15, 0.2) is 0 Å². The van der Waals surface area contributed by atoms with Crippen LogP contribution in [-0.2, 0) is 0 Å². The summed E-state index contributed by atoms with van der Waals surface area (Å²) in [6.45, 7) is 1.27. The van der Waals surface area contributed by atoms with Gasteiger partial charge in [0.15, 0.2) is 0 Å². The minimum atomic E-state index is 0.568. The zero-order valence-corrected chi connectivity index (χ0v) is 8.55. The van der Waals surface area contributed by atoms with Crippen molar-refractivity contribution >= 4 is 0 Å². The van der Waals surface area contributed by atoms with Gasteiger partial charge in [0.25, 0.3) is 0 Å². The van der Waals surface area contributed by atoms with Gasteiger partial charge in [0.05, 0.1) is 0 Å². The molecule has 0 radical (unpaired) electrons. The predicted octanol–water partition coefficient (Wildman–Crippen LogP) is 1.37. The lowest BCUT2D eigenvalue weighted by molar-refractivity contribution is 0.102. The van der Waals surface area contributed by atoms with Gasteiger partial charge in [-0.2, -0.15) is 0 Å². The van der Waals surface area contributed by atoms with Crippen LogP contribution in [0.1, 0.15) is 38.5 Å². The number of fused-ring (bicyclic) bond motifs is 2. The van der Waals surface area contributed by atoms with Crippen molar-refractivity contribution in [3.63, 3.8) is 0 Å². The van der Waals surface area contributed by atoms with Crippen LogP contribution in [-0.4, -0.2) is 36.1 Å². The lowest BCUT2D eigenvalue weighted by Crippen LogP contribution is -2.53. The molecule has 0 amide bonds. The maximum atomic E-state index is 3.77. The highest BCUT2D eigenvalue weighted by molar-refractivity contribution is 5.06. The summed E-state index contributed by atoms with van der Waals surface area (Å²) in [5.41, 5.74) is 0.568. The molecular formula is C11H20N2. The maximum absolute atomic E-state index is 3.77. The number of hydrogen-bond acceptors (Lipinski definition) is 2. The van der Waals surface area contributed by atoms with Crippen molar-refractivity contribution in [1.82, 2.24) is 10.2 Å². The van der Waals surface area contributed by atoms with Crippen LogP contribution in [0.2, 0.25) is 0 Å². The molecule has 74 valence electrons. The van der Waals surface area contributed by atoms with E-state index >= 15 is 0 Å². The molecule has 0 aromatic carbocycles. The van der Waals surface area contributed by atoms with Gasteiger partial charge in [0.1, 0.15) is 0 Å². The largest absolute Gasteiger partial charge is 0.311 e. The average Bonchev–Trinajstić information content (AvgIpc) is 2.60. The molecule has 2 unspecified atom stereocenters. The summed E-state index contributed by atoms with van der Waals surface area (Å²) >= 11 is 0. The van der Waals surface area contributed by atoms with Gasteiger partial charge in [-0.15, -0.1) is 0 Å². The fraction of sp³-hybridized carbons (Fsp3) is 1.00. The second kappa shape index (κ2) is 2.71. The third-order valence-electron chi connectivity index (χ3n) is 4.57. The quantitative estimate of drug-likeness (QED) is 0.605. The predicted molar refractivity (Wildman–Crippen MR) is 53.8 cm³/mol. The fourth-order valence-corrected chi connectivity index (χ4v) is 3.78. The second-order valence-electron chi connectivity index (χ2n) is 5.27. The summed E-state index contributed by atoms with van der Waals surface area (Å²) in [6.07, 6.45) is 8.58. The Morgan fingerprint density at radius 2 is 1.92 bits per heavy atom. The van der Waals surface area contributed by atoms with E-state index in [1.807, 2.05) is 0 Å². The second-order valence-corrected chi connectivity index (χ2v) is 5.27. The number of piperidine rings is 1. The Hall–Kier alpha value is -0.0800. The van der Waals surface area contributed by atoms with Crippen LogP contribution in [0.3, 0.4) is 0 Å². The van der Waals surface area contributed by atoms with Gasteiger partial charge in [-0.1, -0.05) is 0 Å². The van der Waals surface area contributed by atoms with Crippen molar-refractivity contribution in [3.05, 3.63) is 0 Å². The van der Waals surface area contributed by atoms with Crippen molar-refractivity contribution in [1.29, 1.82) is 0 Å². The third kappa shape index (κ3) is 1.15. The minimum absolute atomic E-state index is 0.568. The summed E-state index contributed by atoms with van der Waals surface area (Å²) in [5, 5.41) is 3.77. The van der Waals surface area contributed by atoms with Crippen LogP contribution >= 0.6 is 0 Å². The van der Waals surface area contributed by atoms with Gasteiger partial charge in [0.2, 0.25) is 0 Å². The summed E-state index contributed by atoms with van der Waals surface area (Å²) in [7, 11) is 2.32. The molecule has 3 heterocycles. The first-order valence-electron chi connectivity index (χ1n) is 5.76. The van der Waals surface area contributed by atoms with Crippen molar-refractivity contribution in [2.75, 3.05) is 13.6 Å². The van der Waals surface area contributed by atoms with E-state index in [4.69, 9.17) is 0 Å². The molecule has 3 fully saturated rings. The number of nitrogens with zero attached hydrogens (tertiary/aromatic N) is 1. The molecular weight excluding hydrogens is 160 g/mol. The summed E-state index contributed by atoms with van der Waals surface area (Å²) in [4.78, 5) is 2.63. The lowest BCUT2D eigenvalue weighted by atomic mass is 9.82. The van der Waals surface area contributed by atoms with Crippen LogP contribution in [0, 0.1) is 0 Å². The van der Waals surface area contributed by atoms with E-state index in [9.17, 15) is 0 Å². The Balaban J connectivity index is 1.82. The first-order valence-corrected chi connectivity index (χ1v) is 5.76. The number of hydrogen-bond donors (Lipinski definition) is 1.